The first-order chi connectivity index (χ1) is 8.25. The molecule has 0 aliphatic heterocycles. The first kappa shape index (κ1) is 12.2. The first-order valence-electron chi connectivity index (χ1n) is 5.05. The Kier molecular flexibility index (Phi) is 4.22. The molecule has 0 saturated heterocycles. The van der Waals surface area contributed by atoms with Crippen molar-refractivity contribution in [2.24, 2.45) is 0 Å². The van der Waals surface area contributed by atoms with Gasteiger partial charge in [0.25, 0.3) is 0 Å². The summed E-state index contributed by atoms with van der Waals surface area (Å²) in [5.41, 5.74) is 2.71. The van der Waals surface area contributed by atoms with Crippen molar-refractivity contribution in [1.29, 1.82) is 0 Å². The molecule has 2 rings (SSSR count). The van der Waals surface area contributed by atoms with Gasteiger partial charge in [0.1, 0.15) is 5.51 Å². The zero-order chi connectivity index (χ0) is 12.1. The number of nitrogens with zero attached hydrogens (tertiary/aromatic N) is 2. The molecule has 0 saturated carbocycles. The van der Waals surface area contributed by atoms with Crippen LogP contribution in [0.15, 0.2) is 34.2 Å². The van der Waals surface area contributed by atoms with Crippen LogP contribution in [0.1, 0.15) is 12.0 Å². The van der Waals surface area contributed by atoms with Crippen molar-refractivity contribution < 1.29 is 4.79 Å². The maximum atomic E-state index is 11.6. The quantitative estimate of drug-likeness (QED) is 0.944. The molecule has 0 fully saturated rings. The predicted molar refractivity (Wildman–Crippen MR) is 71.0 cm³/mol. The molecule has 1 aromatic carbocycles. The zero-order valence-corrected chi connectivity index (χ0v) is 11.3. The summed E-state index contributed by atoms with van der Waals surface area (Å²) in [7, 11) is 0. The van der Waals surface area contributed by atoms with Crippen LogP contribution >= 0.6 is 27.3 Å². The molecule has 1 amide bonds. The van der Waals surface area contributed by atoms with E-state index in [0.29, 0.717) is 18.0 Å². The Morgan fingerprint density at radius 1 is 1.41 bits per heavy atom. The Morgan fingerprint density at radius 2 is 2.24 bits per heavy atom. The maximum absolute atomic E-state index is 11.6. The third-order valence-electron chi connectivity index (χ3n) is 2.19. The van der Waals surface area contributed by atoms with Crippen molar-refractivity contribution in [3.8, 4) is 0 Å². The monoisotopic (exact) mass is 311 g/mol. The van der Waals surface area contributed by atoms with Crippen molar-refractivity contribution in [1.82, 2.24) is 10.2 Å². The highest BCUT2D eigenvalue weighted by Gasteiger charge is 2.06. The lowest BCUT2D eigenvalue weighted by Crippen LogP contribution is -2.12. The van der Waals surface area contributed by atoms with Crippen molar-refractivity contribution in [2.45, 2.75) is 12.8 Å². The molecule has 17 heavy (non-hydrogen) atoms. The number of aromatic nitrogens is 2. The standard InChI is InChI=1S/C11H10BrN3OS/c12-9-4-2-1-3-8(9)5-6-10(16)14-11-15-13-7-17-11/h1-4,7H,5-6H2,(H,14,15,16). The minimum atomic E-state index is -0.0440. The molecule has 4 nitrogen and oxygen atoms in total. The average molecular weight is 312 g/mol. The van der Waals surface area contributed by atoms with Gasteiger partial charge in [0, 0.05) is 10.9 Å². The lowest BCUT2D eigenvalue weighted by molar-refractivity contribution is -0.116. The molecule has 2 aromatic rings. The van der Waals surface area contributed by atoms with E-state index >= 15 is 0 Å². The second-order valence-electron chi connectivity index (χ2n) is 3.38. The van der Waals surface area contributed by atoms with Gasteiger partial charge in [-0.3, -0.25) is 4.79 Å². The van der Waals surface area contributed by atoms with Crippen LogP contribution in [0, 0.1) is 0 Å². The van der Waals surface area contributed by atoms with Gasteiger partial charge in [-0.25, -0.2) is 0 Å². The van der Waals surface area contributed by atoms with E-state index in [1.165, 1.54) is 11.3 Å². The third kappa shape index (κ3) is 3.61. The summed E-state index contributed by atoms with van der Waals surface area (Å²) in [6.45, 7) is 0. The summed E-state index contributed by atoms with van der Waals surface area (Å²) in [5.74, 6) is -0.0440. The number of halogens is 1. The topological polar surface area (TPSA) is 54.9 Å². The van der Waals surface area contributed by atoms with Gasteiger partial charge >= 0.3 is 0 Å². The minimum Gasteiger partial charge on any atom is -0.301 e. The Labute approximate surface area is 111 Å². The van der Waals surface area contributed by atoms with Crippen molar-refractivity contribution in [3.05, 3.63) is 39.8 Å². The molecule has 6 heteroatoms. The van der Waals surface area contributed by atoms with Crippen LogP contribution < -0.4 is 5.32 Å². The number of amides is 1. The van der Waals surface area contributed by atoms with Crippen molar-refractivity contribution in [3.63, 3.8) is 0 Å². The number of carbonyl (C=O) groups is 1. The maximum Gasteiger partial charge on any atom is 0.226 e. The number of hydrogen-bond acceptors (Lipinski definition) is 4. The van der Waals surface area contributed by atoms with Crippen molar-refractivity contribution >= 4 is 38.3 Å². The molecule has 1 aromatic heterocycles. The molecule has 0 radical (unpaired) electrons. The van der Waals surface area contributed by atoms with Gasteiger partial charge in [-0.05, 0) is 18.1 Å². The van der Waals surface area contributed by atoms with E-state index in [2.05, 4.69) is 31.4 Å². The van der Waals surface area contributed by atoms with E-state index in [0.717, 1.165) is 10.0 Å². The third-order valence-corrected chi connectivity index (χ3v) is 3.57. The van der Waals surface area contributed by atoms with E-state index < -0.39 is 0 Å². The summed E-state index contributed by atoms with van der Waals surface area (Å²) < 4.78 is 1.03. The smallest absolute Gasteiger partial charge is 0.226 e. The number of carbonyl (C=O) groups excluding carboxylic acids is 1. The largest absolute Gasteiger partial charge is 0.301 e. The molecule has 0 atom stereocenters. The SMILES string of the molecule is O=C(CCc1ccccc1Br)Nc1nncs1. The number of nitrogens with one attached hydrogen (secondary N) is 1. The van der Waals surface area contributed by atoms with Gasteiger partial charge in [0.15, 0.2) is 0 Å². The molecule has 88 valence electrons. The minimum absolute atomic E-state index is 0.0440. The van der Waals surface area contributed by atoms with Gasteiger partial charge < -0.3 is 5.32 Å². The lowest BCUT2D eigenvalue weighted by Gasteiger charge is -2.03. The van der Waals surface area contributed by atoms with Crippen LogP contribution in [0.25, 0.3) is 0 Å². The Hall–Kier alpha value is -1.27. The lowest BCUT2D eigenvalue weighted by atomic mass is 10.1. The second kappa shape index (κ2) is 5.88. The van der Waals surface area contributed by atoms with E-state index in [-0.39, 0.29) is 5.91 Å². The van der Waals surface area contributed by atoms with Crippen LogP contribution in [0.4, 0.5) is 5.13 Å². The van der Waals surface area contributed by atoms with Gasteiger partial charge in [-0.15, -0.1) is 10.2 Å². The number of rotatable bonds is 4. The van der Waals surface area contributed by atoms with Crippen LogP contribution in [-0.2, 0) is 11.2 Å². The van der Waals surface area contributed by atoms with E-state index in [1.54, 1.807) is 5.51 Å². The van der Waals surface area contributed by atoms with Crippen LogP contribution in [0.5, 0.6) is 0 Å². The second-order valence-corrected chi connectivity index (χ2v) is 5.07. The highest BCUT2D eigenvalue weighted by molar-refractivity contribution is 9.10. The van der Waals surface area contributed by atoms with Crippen molar-refractivity contribution in [2.75, 3.05) is 5.32 Å². The summed E-state index contributed by atoms with van der Waals surface area (Å²) in [4.78, 5) is 11.6. The average Bonchev–Trinajstić information content (AvgIpc) is 2.81. The summed E-state index contributed by atoms with van der Waals surface area (Å²) >= 11 is 4.77. The van der Waals surface area contributed by atoms with Gasteiger partial charge in [-0.2, -0.15) is 0 Å². The summed E-state index contributed by atoms with van der Waals surface area (Å²) in [6, 6.07) is 7.89. The fourth-order valence-corrected chi connectivity index (χ4v) is 2.30. The molecule has 0 aliphatic carbocycles. The fraction of sp³-hybridized carbons (Fsp3) is 0.182. The molecule has 0 aliphatic rings. The molecule has 0 spiro atoms. The first-order valence-corrected chi connectivity index (χ1v) is 6.72. The predicted octanol–water partition coefficient (Wildman–Crippen LogP) is 2.87. The Bertz CT molecular complexity index is 501. The highest BCUT2D eigenvalue weighted by Crippen LogP contribution is 2.17. The fourth-order valence-electron chi connectivity index (χ4n) is 1.36. The van der Waals surface area contributed by atoms with Crippen LogP contribution in [-0.4, -0.2) is 16.1 Å². The number of anilines is 1. The number of hydrogen-bond donors (Lipinski definition) is 1. The van der Waals surface area contributed by atoms with E-state index in [4.69, 9.17) is 0 Å². The molecule has 1 N–H and O–H groups in total. The Balaban J connectivity index is 1.86. The highest BCUT2D eigenvalue weighted by atomic mass is 79.9. The summed E-state index contributed by atoms with van der Waals surface area (Å²) in [6.07, 6.45) is 1.13. The normalized spacial score (nSPS) is 10.2. The van der Waals surface area contributed by atoms with E-state index in [9.17, 15) is 4.79 Å². The molecule has 0 unspecified atom stereocenters. The zero-order valence-electron chi connectivity index (χ0n) is 8.89. The Morgan fingerprint density at radius 3 is 2.94 bits per heavy atom. The molecular formula is C11H10BrN3OS. The van der Waals surface area contributed by atoms with E-state index in [1.807, 2.05) is 24.3 Å². The van der Waals surface area contributed by atoms with Gasteiger partial charge in [0.2, 0.25) is 11.0 Å². The van der Waals surface area contributed by atoms with Gasteiger partial charge in [0.05, 0.1) is 0 Å². The number of aryl methyl sites for hydroxylation is 1. The van der Waals surface area contributed by atoms with Crippen LogP contribution in [0.2, 0.25) is 0 Å². The van der Waals surface area contributed by atoms with Crippen LogP contribution in [0.3, 0.4) is 0 Å². The van der Waals surface area contributed by atoms with Gasteiger partial charge in [-0.1, -0.05) is 45.5 Å². The molecule has 1 heterocycles. The molecular weight excluding hydrogens is 302 g/mol. The summed E-state index contributed by atoms with van der Waals surface area (Å²) in [5, 5.41) is 10.7. The molecule has 0 bridgehead atoms. The number of benzene rings is 1.